The molecule has 0 aliphatic heterocycles. The van der Waals surface area contributed by atoms with Crippen molar-refractivity contribution in [2.75, 3.05) is 11.9 Å². The highest BCUT2D eigenvalue weighted by Gasteiger charge is 2.31. The maximum atomic E-state index is 12.5. The molecule has 1 heterocycles. The van der Waals surface area contributed by atoms with Crippen LogP contribution in [-0.4, -0.2) is 11.5 Å². The Bertz CT molecular complexity index is 462. The molecule has 1 saturated carbocycles. The van der Waals surface area contributed by atoms with Gasteiger partial charge in [0.25, 0.3) is 0 Å². The van der Waals surface area contributed by atoms with Crippen LogP contribution in [0.1, 0.15) is 38.2 Å². The molecule has 2 nitrogen and oxygen atoms in total. The predicted molar refractivity (Wildman–Crippen MR) is 73.9 cm³/mol. The molecule has 0 aromatic carbocycles. The van der Waals surface area contributed by atoms with Gasteiger partial charge in [0.05, 0.1) is 10.6 Å². The normalized spacial score (nSPS) is 23.6. The van der Waals surface area contributed by atoms with Gasteiger partial charge in [-0.1, -0.05) is 31.4 Å². The number of alkyl halides is 3. The van der Waals surface area contributed by atoms with Crippen LogP contribution in [0.2, 0.25) is 5.02 Å². The molecule has 1 aromatic rings. The van der Waals surface area contributed by atoms with Crippen molar-refractivity contribution >= 4 is 17.4 Å². The van der Waals surface area contributed by atoms with Crippen molar-refractivity contribution in [2.24, 2.45) is 11.8 Å². The van der Waals surface area contributed by atoms with Gasteiger partial charge in [0.1, 0.15) is 5.82 Å². The molecule has 2 atom stereocenters. The van der Waals surface area contributed by atoms with Crippen molar-refractivity contribution in [1.29, 1.82) is 0 Å². The lowest BCUT2D eigenvalue weighted by Gasteiger charge is -2.27. The van der Waals surface area contributed by atoms with Gasteiger partial charge in [-0.15, -0.1) is 0 Å². The van der Waals surface area contributed by atoms with Gasteiger partial charge in [0, 0.05) is 12.7 Å². The van der Waals surface area contributed by atoms with Crippen LogP contribution in [0.15, 0.2) is 12.3 Å². The summed E-state index contributed by atoms with van der Waals surface area (Å²) in [6, 6.07) is 0.917. The zero-order valence-electron chi connectivity index (χ0n) is 11.3. The zero-order chi connectivity index (χ0) is 14.8. The van der Waals surface area contributed by atoms with Gasteiger partial charge in [0.15, 0.2) is 0 Å². The third-order valence-electron chi connectivity index (χ3n) is 3.77. The number of hydrogen-bond acceptors (Lipinski definition) is 2. The van der Waals surface area contributed by atoms with Gasteiger partial charge in [-0.2, -0.15) is 13.2 Å². The van der Waals surface area contributed by atoms with Gasteiger partial charge in [0.2, 0.25) is 0 Å². The molecular weight excluding hydrogens is 289 g/mol. The second-order valence-corrected chi connectivity index (χ2v) is 5.98. The van der Waals surface area contributed by atoms with Crippen molar-refractivity contribution in [1.82, 2.24) is 4.98 Å². The van der Waals surface area contributed by atoms with Crippen LogP contribution in [0.25, 0.3) is 0 Å². The molecule has 0 spiro atoms. The Labute approximate surface area is 121 Å². The van der Waals surface area contributed by atoms with Gasteiger partial charge in [-0.25, -0.2) is 4.98 Å². The quantitative estimate of drug-likeness (QED) is 0.850. The van der Waals surface area contributed by atoms with E-state index in [0.29, 0.717) is 24.2 Å². The average Bonchev–Trinajstić information content (AvgIpc) is 2.36. The molecule has 0 bridgehead atoms. The summed E-state index contributed by atoms with van der Waals surface area (Å²) in [6.07, 6.45) is 1.17. The Balaban J connectivity index is 1.96. The van der Waals surface area contributed by atoms with Crippen LogP contribution in [0.5, 0.6) is 0 Å². The van der Waals surface area contributed by atoms with E-state index in [9.17, 15) is 13.2 Å². The Morgan fingerprint density at radius 2 is 2.15 bits per heavy atom. The van der Waals surface area contributed by atoms with E-state index in [2.05, 4.69) is 17.2 Å². The molecule has 1 aliphatic carbocycles. The monoisotopic (exact) mass is 306 g/mol. The SMILES string of the molecule is CC1CCCC(CNc2ncc(C(F)(F)F)cc2Cl)C1. The van der Waals surface area contributed by atoms with E-state index in [1.807, 2.05) is 0 Å². The summed E-state index contributed by atoms with van der Waals surface area (Å²) in [4.78, 5) is 3.79. The van der Waals surface area contributed by atoms with E-state index in [4.69, 9.17) is 11.6 Å². The Hall–Kier alpha value is -0.970. The molecule has 0 saturated heterocycles. The summed E-state index contributed by atoms with van der Waals surface area (Å²) in [5.74, 6) is 1.59. The number of aromatic nitrogens is 1. The number of nitrogens with one attached hydrogen (secondary N) is 1. The molecule has 1 N–H and O–H groups in total. The summed E-state index contributed by atoms with van der Waals surface area (Å²) >= 11 is 5.86. The Morgan fingerprint density at radius 3 is 2.75 bits per heavy atom. The zero-order valence-corrected chi connectivity index (χ0v) is 12.1. The number of hydrogen-bond donors (Lipinski definition) is 1. The fourth-order valence-corrected chi connectivity index (χ4v) is 2.94. The van der Waals surface area contributed by atoms with Crippen LogP contribution in [0.4, 0.5) is 19.0 Å². The fraction of sp³-hybridized carbons (Fsp3) is 0.643. The summed E-state index contributed by atoms with van der Waals surface area (Å²) in [5, 5.41) is 3.09. The molecule has 2 rings (SSSR count). The third kappa shape index (κ3) is 4.01. The molecule has 6 heteroatoms. The molecule has 2 unspecified atom stereocenters. The van der Waals surface area contributed by atoms with Crippen LogP contribution in [0, 0.1) is 11.8 Å². The molecule has 0 amide bonds. The standard InChI is InChI=1S/C14H18ClF3N2/c1-9-3-2-4-10(5-9)7-19-13-12(15)6-11(8-20-13)14(16,17)18/h6,8-10H,2-5,7H2,1H3,(H,19,20). The lowest BCUT2D eigenvalue weighted by molar-refractivity contribution is -0.137. The summed E-state index contributed by atoms with van der Waals surface area (Å²) < 4.78 is 37.5. The highest BCUT2D eigenvalue weighted by molar-refractivity contribution is 6.32. The van der Waals surface area contributed by atoms with Crippen molar-refractivity contribution in [3.63, 3.8) is 0 Å². The van der Waals surface area contributed by atoms with E-state index >= 15 is 0 Å². The van der Waals surface area contributed by atoms with Crippen molar-refractivity contribution in [3.05, 3.63) is 22.8 Å². The second kappa shape index (κ2) is 6.20. The number of rotatable bonds is 3. The van der Waals surface area contributed by atoms with Gasteiger partial charge < -0.3 is 5.32 Å². The Kier molecular flexibility index (Phi) is 4.78. The first-order chi connectivity index (χ1) is 9.36. The maximum absolute atomic E-state index is 12.5. The lowest BCUT2D eigenvalue weighted by Crippen LogP contribution is -2.21. The largest absolute Gasteiger partial charge is 0.417 e. The van der Waals surface area contributed by atoms with Gasteiger partial charge in [-0.3, -0.25) is 0 Å². The second-order valence-electron chi connectivity index (χ2n) is 5.57. The van der Waals surface area contributed by atoms with E-state index < -0.39 is 11.7 Å². The summed E-state index contributed by atoms with van der Waals surface area (Å²) in [6.45, 7) is 2.94. The molecule has 1 aliphatic rings. The van der Waals surface area contributed by atoms with Crippen LogP contribution >= 0.6 is 11.6 Å². The highest BCUT2D eigenvalue weighted by Crippen LogP contribution is 2.33. The predicted octanol–water partition coefficient (Wildman–Crippen LogP) is 4.99. The first-order valence-electron chi connectivity index (χ1n) is 6.83. The van der Waals surface area contributed by atoms with Crippen LogP contribution in [-0.2, 0) is 6.18 Å². The van der Waals surface area contributed by atoms with Gasteiger partial charge >= 0.3 is 6.18 Å². The fourth-order valence-electron chi connectivity index (χ4n) is 2.71. The molecule has 1 fully saturated rings. The smallest absolute Gasteiger partial charge is 0.369 e. The van der Waals surface area contributed by atoms with Crippen LogP contribution in [0.3, 0.4) is 0 Å². The van der Waals surface area contributed by atoms with E-state index in [1.54, 1.807) is 0 Å². The van der Waals surface area contributed by atoms with Crippen molar-refractivity contribution < 1.29 is 13.2 Å². The number of nitrogens with zero attached hydrogens (tertiary/aromatic N) is 1. The molecule has 112 valence electrons. The highest BCUT2D eigenvalue weighted by atomic mass is 35.5. The average molecular weight is 307 g/mol. The molecule has 1 aromatic heterocycles. The Morgan fingerprint density at radius 1 is 1.40 bits per heavy atom. The lowest BCUT2D eigenvalue weighted by atomic mass is 9.82. The van der Waals surface area contributed by atoms with Crippen molar-refractivity contribution in [3.8, 4) is 0 Å². The molecular formula is C14H18ClF3N2. The van der Waals surface area contributed by atoms with E-state index in [1.165, 1.54) is 12.8 Å². The first-order valence-corrected chi connectivity index (χ1v) is 7.20. The minimum absolute atomic E-state index is 0.0173. The third-order valence-corrected chi connectivity index (χ3v) is 4.06. The van der Waals surface area contributed by atoms with Gasteiger partial charge in [-0.05, 0) is 30.7 Å². The first kappa shape index (κ1) is 15.4. The number of pyridine rings is 1. The van der Waals surface area contributed by atoms with Crippen LogP contribution < -0.4 is 5.32 Å². The summed E-state index contributed by atoms with van der Waals surface area (Å²) in [5.41, 5.74) is -0.820. The van der Waals surface area contributed by atoms with Crippen molar-refractivity contribution in [2.45, 2.75) is 38.8 Å². The van der Waals surface area contributed by atoms with E-state index in [-0.39, 0.29) is 5.02 Å². The number of anilines is 1. The summed E-state index contributed by atoms with van der Waals surface area (Å²) in [7, 11) is 0. The minimum Gasteiger partial charge on any atom is -0.369 e. The molecule has 20 heavy (non-hydrogen) atoms. The molecule has 0 radical (unpaired) electrons. The number of halogens is 4. The topological polar surface area (TPSA) is 24.9 Å². The maximum Gasteiger partial charge on any atom is 0.417 e. The van der Waals surface area contributed by atoms with E-state index in [0.717, 1.165) is 25.1 Å². The minimum atomic E-state index is -4.41.